The lowest BCUT2D eigenvalue weighted by atomic mass is 9.67. The largest absolute Gasteiger partial charge is 0.468 e. The van der Waals surface area contributed by atoms with Gasteiger partial charge < -0.3 is 24.7 Å². The number of para-hydroxylation sites is 1. The van der Waals surface area contributed by atoms with Gasteiger partial charge in [0.25, 0.3) is 0 Å². The summed E-state index contributed by atoms with van der Waals surface area (Å²) in [4.78, 5) is 53.8. The Hall–Kier alpha value is -3.82. The number of nitrogens with zero attached hydrogens (tertiary/aromatic N) is 1. The van der Waals surface area contributed by atoms with Gasteiger partial charge in [0.15, 0.2) is 0 Å². The summed E-state index contributed by atoms with van der Waals surface area (Å²) >= 11 is 0. The molecule has 10 nitrogen and oxygen atoms in total. The zero-order chi connectivity index (χ0) is 24.5. The molecule has 2 heterocycles. The van der Waals surface area contributed by atoms with E-state index < -0.39 is 41.9 Å². The van der Waals surface area contributed by atoms with Crippen LogP contribution in [0.1, 0.15) is 33.3 Å². The number of hydrogen-bond donors (Lipinski definition) is 1. The summed E-state index contributed by atoms with van der Waals surface area (Å²) in [6, 6.07) is 6.48. The van der Waals surface area contributed by atoms with Gasteiger partial charge in [0.1, 0.15) is 28.9 Å². The van der Waals surface area contributed by atoms with E-state index in [4.69, 9.17) is 24.7 Å². The highest BCUT2D eigenvalue weighted by molar-refractivity contribution is 6.23. The fraction of sp³-hybridized carbons (Fsp3) is 0.391. The van der Waals surface area contributed by atoms with Gasteiger partial charge in [-0.1, -0.05) is 18.2 Å². The van der Waals surface area contributed by atoms with Crippen molar-refractivity contribution in [2.45, 2.75) is 39.2 Å². The van der Waals surface area contributed by atoms with Crippen LogP contribution in [-0.2, 0) is 43.5 Å². The van der Waals surface area contributed by atoms with E-state index in [1.807, 2.05) is 0 Å². The molecule has 2 aliphatic rings. The van der Waals surface area contributed by atoms with Crippen LogP contribution in [0.15, 0.2) is 47.1 Å². The predicted molar refractivity (Wildman–Crippen MR) is 115 cm³/mol. The number of nitrogens with two attached hydrogens (primary N) is 1. The molecule has 0 radical (unpaired) electrons. The number of esters is 3. The number of amides is 1. The van der Waals surface area contributed by atoms with Gasteiger partial charge in [0.2, 0.25) is 11.8 Å². The molecule has 0 saturated heterocycles. The van der Waals surface area contributed by atoms with Crippen LogP contribution < -0.4 is 10.6 Å². The Morgan fingerprint density at radius 2 is 1.82 bits per heavy atom. The quantitative estimate of drug-likeness (QED) is 0.496. The van der Waals surface area contributed by atoms with Gasteiger partial charge in [-0.05, 0) is 33.8 Å². The van der Waals surface area contributed by atoms with Crippen LogP contribution in [0.3, 0.4) is 0 Å². The van der Waals surface area contributed by atoms with Crippen LogP contribution in [-0.4, -0.2) is 50.2 Å². The molecule has 2 N–H and O–H groups in total. The molecule has 10 heteroatoms. The number of hydrogen-bond acceptors (Lipinski definition) is 9. The van der Waals surface area contributed by atoms with E-state index in [9.17, 15) is 19.2 Å². The number of carbonyl (C=O) groups excluding carboxylic acids is 4. The zero-order valence-corrected chi connectivity index (χ0v) is 19.1. The van der Waals surface area contributed by atoms with Crippen LogP contribution in [0.5, 0.6) is 0 Å². The molecule has 1 aromatic carbocycles. The van der Waals surface area contributed by atoms with Crippen molar-refractivity contribution in [2.75, 3.05) is 25.2 Å². The second-order valence-electron chi connectivity index (χ2n) is 7.68. The number of ether oxygens (including phenoxy) is 4. The highest BCUT2D eigenvalue weighted by atomic mass is 16.6. The third-order valence-corrected chi connectivity index (χ3v) is 5.32. The molecule has 3 rings (SSSR count). The summed E-state index contributed by atoms with van der Waals surface area (Å²) < 4.78 is 20.9. The summed E-state index contributed by atoms with van der Waals surface area (Å²) in [7, 11) is 1.19. The Balaban J connectivity index is 2.39. The van der Waals surface area contributed by atoms with E-state index in [0.29, 0.717) is 5.69 Å². The molecular weight excluding hydrogens is 432 g/mol. The smallest absolute Gasteiger partial charge is 0.341 e. The van der Waals surface area contributed by atoms with Crippen molar-refractivity contribution in [1.29, 1.82) is 0 Å². The minimum Gasteiger partial charge on any atom is -0.468 e. The fourth-order valence-electron chi connectivity index (χ4n) is 4.15. The van der Waals surface area contributed by atoms with Gasteiger partial charge in [0, 0.05) is 11.3 Å². The third kappa shape index (κ3) is 3.71. The molecule has 0 unspecified atom stereocenters. The number of benzene rings is 1. The highest BCUT2D eigenvalue weighted by Gasteiger charge is 2.64. The van der Waals surface area contributed by atoms with Gasteiger partial charge in [-0.3, -0.25) is 14.5 Å². The molecule has 0 saturated carbocycles. The lowest BCUT2D eigenvalue weighted by molar-refractivity contribution is -0.146. The molecule has 1 spiro atoms. The zero-order valence-electron chi connectivity index (χ0n) is 19.1. The average molecular weight is 458 g/mol. The van der Waals surface area contributed by atoms with Crippen molar-refractivity contribution in [1.82, 2.24) is 0 Å². The monoisotopic (exact) mass is 458 g/mol. The third-order valence-electron chi connectivity index (χ3n) is 5.32. The molecule has 176 valence electrons. The molecule has 1 aromatic rings. The Labute approximate surface area is 190 Å². The number of rotatable bonds is 6. The van der Waals surface area contributed by atoms with Gasteiger partial charge in [0.05, 0.1) is 19.8 Å². The summed E-state index contributed by atoms with van der Waals surface area (Å²) in [5, 5.41) is 0. The van der Waals surface area contributed by atoms with E-state index in [-0.39, 0.29) is 35.0 Å². The van der Waals surface area contributed by atoms with Gasteiger partial charge in [-0.15, -0.1) is 0 Å². The molecule has 1 amide bonds. The van der Waals surface area contributed by atoms with Gasteiger partial charge in [-0.2, -0.15) is 0 Å². The Morgan fingerprint density at radius 3 is 2.42 bits per heavy atom. The molecule has 1 atom stereocenters. The number of fused-ring (bicyclic) bond motifs is 2. The SMILES string of the molecule is CCOC(=O)C1=C(N)OC(C)=C(C(=O)OC(C)C)[C@@]12C(=O)N(CC(=O)OC)c1ccccc12. The Bertz CT molecular complexity index is 1090. The summed E-state index contributed by atoms with van der Waals surface area (Å²) in [6.07, 6.45) is -0.526. The molecule has 33 heavy (non-hydrogen) atoms. The van der Waals surface area contributed by atoms with Crippen LogP contribution >= 0.6 is 0 Å². The molecule has 0 fully saturated rings. The van der Waals surface area contributed by atoms with Crippen LogP contribution in [0.2, 0.25) is 0 Å². The maximum Gasteiger partial charge on any atom is 0.341 e. The number of methoxy groups -OCH3 is 1. The second kappa shape index (κ2) is 8.97. The minimum absolute atomic E-state index is 0.00531. The normalized spacial score (nSPS) is 19.6. The van der Waals surface area contributed by atoms with Gasteiger partial charge >= 0.3 is 17.9 Å². The molecular formula is C23H26N2O8. The fourth-order valence-corrected chi connectivity index (χ4v) is 4.15. The number of carbonyl (C=O) groups is 4. The first-order chi connectivity index (χ1) is 15.6. The van der Waals surface area contributed by atoms with Crippen LogP contribution in [0.25, 0.3) is 0 Å². The van der Waals surface area contributed by atoms with E-state index in [0.717, 1.165) is 4.90 Å². The number of anilines is 1. The van der Waals surface area contributed by atoms with E-state index in [1.54, 1.807) is 45.0 Å². The minimum atomic E-state index is -2.03. The van der Waals surface area contributed by atoms with E-state index in [1.165, 1.54) is 14.0 Å². The Morgan fingerprint density at radius 1 is 1.15 bits per heavy atom. The van der Waals surface area contributed by atoms with Crippen molar-refractivity contribution >= 4 is 29.5 Å². The summed E-state index contributed by atoms with van der Waals surface area (Å²) in [5.74, 6) is -3.62. The predicted octanol–water partition coefficient (Wildman–Crippen LogP) is 1.43. The summed E-state index contributed by atoms with van der Waals surface area (Å²) in [6.45, 7) is 5.88. The van der Waals surface area contributed by atoms with E-state index in [2.05, 4.69) is 0 Å². The first-order valence-electron chi connectivity index (χ1n) is 10.4. The van der Waals surface area contributed by atoms with E-state index >= 15 is 0 Å². The van der Waals surface area contributed by atoms with Gasteiger partial charge in [-0.25, -0.2) is 9.59 Å². The van der Waals surface area contributed by atoms with Crippen molar-refractivity contribution in [3.8, 4) is 0 Å². The summed E-state index contributed by atoms with van der Waals surface area (Å²) in [5.41, 5.74) is 4.10. The Kier molecular flexibility index (Phi) is 6.48. The van der Waals surface area contributed by atoms with Crippen LogP contribution in [0, 0.1) is 0 Å². The second-order valence-corrected chi connectivity index (χ2v) is 7.68. The molecule has 0 aromatic heterocycles. The molecule has 0 bridgehead atoms. The van der Waals surface area contributed by atoms with Crippen molar-refractivity contribution in [3.63, 3.8) is 0 Å². The lowest BCUT2D eigenvalue weighted by Gasteiger charge is -2.36. The van der Waals surface area contributed by atoms with Crippen molar-refractivity contribution < 1.29 is 38.1 Å². The number of allylic oxidation sites excluding steroid dienone is 1. The first-order valence-corrected chi connectivity index (χ1v) is 10.4. The molecule has 2 aliphatic heterocycles. The van der Waals surface area contributed by atoms with Crippen molar-refractivity contribution in [2.24, 2.45) is 5.73 Å². The van der Waals surface area contributed by atoms with Crippen molar-refractivity contribution in [3.05, 3.63) is 52.6 Å². The highest BCUT2D eigenvalue weighted by Crippen LogP contribution is 2.54. The molecule has 0 aliphatic carbocycles. The average Bonchev–Trinajstić information content (AvgIpc) is 2.96. The maximum atomic E-state index is 14.1. The standard InChI is InChI=1S/C23H26N2O8/c1-6-31-20(27)18-19(24)33-13(4)17(21(28)32-12(2)3)23(18)14-9-7-8-10-15(14)25(22(23)29)11-16(26)30-5/h7-10,12H,6,11,24H2,1-5H3/t23-/m1/s1. The first kappa shape index (κ1) is 23.8. The van der Waals surface area contributed by atoms with Crippen LogP contribution in [0.4, 0.5) is 5.69 Å². The topological polar surface area (TPSA) is 134 Å². The maximum absolute atomic E-state index is 14.1. The lowest BCUT2D eigenvalue weighted by Crippen LogP contribution is -2.51.